The van der Waals surface area contributed by atoms with Crippen molar-refractivity contribution in [2.24, 2.45) is 0 Å². The molecule has 0 bridgehead atoms. The average Bonchev–Trinajstić information content (AvgIpc) is 0.724. The quantitative estimate of drug-likeness (QED) is 0.0362. The van der Waals surface area contributed by atoms with Gasteiger partial charge in [0.1, 0.15) is 0 Å². The van der Waals surface area contributed by atoms with E-state index in [9.17, 15) is 0 Å². The fraction of sp³-hybridized carbons (Fsp3) is 0.217. The van der Waals surface area contributed by atoms with Crippen LogP contribution in [0.1, 0.15) is 159 Å². The van der Waals surface area contributed by atoms with Crippen molar-refractivity contribution >= 4 is 83.5 Å². The van der Waals surface area contributed by atoms with Crippen molar-refractivity contribution in [3.05, 3.63) is 380 Å². The van der Waals surface area contributed by atoms with Gasteiger partial charge in [-0.1, -0.05) is 384 Å². The standard InChI is InChI=1S/C115H113N3/c1-5-8-11-14-17-23-38-86-81-96-45-32-33-48-106(96)111(82-86)95-65-79-101(80-66-95)116(99-69-55-90(56-70-99)87-39-26-20-27-40-87)100-71-57-93(58-72-100)94-63-77-105(78-64-94)118(104-75-61-92(62-76-104)89-43-30-22-31-44-89)113-84-98(47-25-19-16-13-10-7-3)115(110-52-37-35-50-108(110)113)114-97(46-24-18-15-12-9-6-2)83-112(107-49-34-36-51-109(107)114)117(102-67-53-85(4)54-68-102)103-73-59-91(60-74-103)88-41-28-21-29-42-88/h20-22,26-37,39-45,48-84H,5-19,23-25,38,46-47H2,1-4H3. The molecule has 0 atom stereocenters. The van der Waals surface area contributed by atoms with Gasteiger partial charge >= 0.3 is 0 Å². The van der Waals surface area contributed by atoms with Crippen molar-refractivity contribution in [1.29, 1.82) is 0 Å². The zero-order chi connectivity index (χ0) is 80.2. The van der Waals surface area contributed by atoms with Crippen molar-refractivity contribution in [1.82, 2.24) is 0 Å². The van der Waals surface area contributed by atoms with E-state index in [2.05, 4.69) is 400 Å². The first-order valence-electron chi connectivity index (χ1n) is 44.2. The molecule has 3 nitrogen and oxygen atoms in total. The molecule has 3 heteroatoms. The Labute approximate surface area is 703 Å². The first-order chi connectivity index (χ1) is 58.4. The molecule has 0 aliphatic heterocycles. The zero-order valence-electron chi connectivity index (χ0n) is 69.8. The molecule has 0 unspecified atom stereocenters. The van der Waals surface area contributed by atoms with Crippen molar-refractivity contribution in [2.45, 2.75) is 163 Å². The number of rotatable bonds is 36. The topological polar surface area (TPSA) is 9.72 Å². The summed E-state index contributed by atoms with van der Waals surface area (Å²) in [5.41, 5.74) is 30.5. The summed E-state index contributed by atoms with van der Waals surface area (Å²) in [4.78, 5) is 7.50. The minimum Gasteiger partial charge on any atom is -0.311 e. The summed E-state index contributed by atoms with van der Waals surface area (Å²) < 4.78 is 0. The molecule has 0 saturated carbocycles. The lowest BCUT2D eigenvalue weighted by molar-refractivity contribution is 0.607. The number of anilines is 9. The molecule has 16 aromatic carbocycles. The fourth-order valence-corrected chi connectivity index (χ4v) is 17.9. The molecule has 0 radical (unpaired) electrons. The highest BCUT2D eigenvalue weighted by atomic mass is 15.2. The van der Waals surface area contributed by atoms with Crippen LogP contribution in [0.25, 0.3) is 99.1 Å². The van der Waals surface area contributed by atoms with Gasteiger partial charge in [-0.3, -0.25) is 0 Å². The molecular weight excluding hydrogens is 1420 g/mol. The highest BCUT2D eigenvalue weighted by Gasteiger charge is 2.27. The molecule has 0 aliphatic carbocycles. The first kappa shape index (κ1) is 79.5. The van der Waals surface area contributed by atoms with E-state index < -0.39 is 0 Å². The Morgan fingerprint density at radius 2 is 0.475 bits per heavy atom. The van der Waals surface area contributed by atoms with Gasteiger partial charge in [-0.2, -0.15) is 0 Å². The minimum atomic E-state index is 0.956. The van der Waals surface area contributed by atoms with Crippen LogP contribution < -0.4 is 14.7 Å². The van der Waals surface area contributed by atoms with Gasteiger partial charge in [-0.15, -0.1) is 0 Å². The summed E-state index contributed by atoms with van der Waals surface area (Å²) in [6.07, 6.45) is 25.4. The average molecular weight is 1540 g/mol. The van der Waals surface area contributed by atoms with Gasteiger partial charge in [0.25, 0.3) is 0 Å². The van der Waals surface area contributed by atoms with E-state index >= 15 is 0 Å². The predicted molar refractivity (Wildman–Crippen MR) is 512 cm³/mol. The second kappa shape index (κ2) is 39.1. The molecule has 0 heterocycles. The van der Waals surface area contributed by atoms with Gasteiger partial charge in [0.15, 0.2) is 0 Å². The van der Waals surface area contributed by atoms with Crippen LogP contribution in [0, 0.1) is 6.92 Å². The van der Waals surface area contributed by atoms with Crippen LogP contribution in [-0.2, 0) is 19.3 Å². The lowest BCUT2D eigenvalue weighted by Gasteiger charge is -2.31. The Hall–Kier alpha value is -12.3. The molecule has 0 fully saturated rings. The summed E-state index contributed by atoms with van der Waals surface area (Å²) in [6.45, 7) is 9.15. The fourth-order valence-electron chi connectivity index (χ4n) is 17.9. The molecule has 0 N–H and O–H groups in total. The van der Waals surface area contributed by atoms with Crippen molar-refractivity contribution < 1.29 is 0 Å². The lowest BCUT2D eigenvalue weighted by atomic mass is 9.83. The van der Waals surface area contributed by atoms with Crippen molar-refractivity contribution in [2.75, 3.05) is 14.7 Å². The van der Waals surface area contributed by atoms with Crippen LogP contribution in [-0.4, -0.2) is 0 Å². The van der Waals surface area contributed by atoms with Gasteiger partial charge in [0.2, 0.25) is 0 Å². The Balaban J connectivity index is 0.801. The zero-order valence-corrected chi connectivity index (χ0v) is 69.8. The smallest absolute Gasteiger partial charge is 0.0543 e. The second-order valence-electron chi connectivity index (χ2n) is 32.6. The molecule has 16 aromatic rings. The number of nitrogens with zero attached hydrogens (tertiary/aromatic N) is 3. The van der Waals surface area contributed by atoms with E-state index in [1.54, 1.807) is 0 Å². The van der Waals surface area contributed by atoms with Crippen molar-refractivity contribution in [3.8, 4) is 66.8 Å². The Kier molecular flexibility index (Phi) is 26.4. The first-order valence-corrected chi connectivity index (χ1v) is 44.2. The van der Waals surface area contributed by atoms with E-state index in [1.165, 1.54) is 224 Å². The van der Waals surface area contributed by atoms with Crippen LogP contribution in [0.15, 0.2) is 358 Å². The molecular formula is C115H113N3. The molecule has 0 amide bonds. The van der Waals surface area contributed by atoms with Crippen LogP contribution in [0.3, 0.4) is 0 Å². The summed E-state index contributed by atoms with van der Waals surface area (Å²) in [5, 5.41) is 7.65. The highest BCUT2D eigenvalue weighted by molar-refractivity contribution is 6.15. The van der Waals surface area contributed by atoms with Gasteiger partial charge in [0.05, 0.1) is 11.4 Å². The molecule has 588 valence electrons. The lowest BCUT2D eigenvalue weighted by Crippen LogP contribution is -2.13. The molecule has 0 saturated heterocycles. The number of aryl methyl sites for hydroxylation is 4. The molecule has 16 rings (SSSR count). The number of fused-ring (bicyclic) bond motifs is 3. The van der Waals surface area contributed by atoms with E-state index in [0.717, 1.165) is 83.0 Å². The monoisotopic (exact) mass is 1540 g/mol. The van der Waals surface area contributed by atoms with Crippen molar-refractivity contribution in [3.63, 3.8) is 0 Å². The SMILES string of the molecule is CCCCCCCCc1cc(-c2ccc(N(c3ccc(-c4ccccc4)cc3)c3ccc(-c4ccc(N(c5ccc(-c6ccccc6)cc5)c5cc(CCCCCCCC)c(-c6c(CCCCCCCC)cc(N(c7ccc(C)cc7)c7ccc(-c8ccccc8)cc7)c7ccccc67)c6ccccc56)cc4)cc3)cc2)c2ccccc2c1. The molecule has 0 spiro atoms. The maximum absolute atomic E-state index is 2.62. The van der Waals surface area contributed by atoms with Crippen LogP contribution in [0.4, 0.5) is 51.2 Å². The molecule has 0 aromatic heterocycles. The summed E-state index contributed by atoms with van der Waals surface area (Å²) in [5.74, 6) is 0. The van der Waals surface area contributed by atoms with Gasteiger partial charge < -0.3 is 14.7 Å². The predicted octanol–water partition coefficient (Wildman–Crippen LogP) is 34.6. The van der Waals surface area contributed by atoms with Gasteiger partial charge in [-0.25, -0.2) is 0 Å². The van der Waals surface area contributed by atoms with Crippen LogP contribution >= 0.6 is 0 Å². The van der Waals surface area contributed by atoms with Crippen LogP contribution in [0.5, 0.6) is 0 Å². The number of hydrogen-bond donors (Lipinski definition) is 0. The Morgan fingerprint density at radius 1 is 0.203 bits per heavy atom. The van der Waals surface area contributed by atoms with E-state index in [0.29, 0.717) is 0 Å². The molecule has 0 aliphatic rings. The molecule has 118 heavy (non-hydrogen) atoms. The second-order valence-corrected chi connectivity index (χ2v) is 32.6. The van der Waals surface area contributed by atoms with E-state index in [4.69, 9.17) is 0 Å². The minimum absolute atomic E-state index is 0.956. The summed E-state index contributed by atoms with van der Waals surface area (Å²) in [6, 6.07) is 135. The Bertz CT molecular complexity index is 5890. The third kappa shape index (κ3) is 18.6. The van der Waals surface area contributed by atoms with Gasteiger partial charge in [0, 0.05) is 50.6 Å². The summed E-state index contributed by atoms with van der Waals surface area (Å²) >= 11 is 0. The van der Waals surface area contributed by atoms with Crippen LogP contribution in [0.2, 0.25) is 0 Å². The third-order valence-electron chi connectivity index (χ3n) is 24.3. The number of hydrogen-bond acceptors (Lipinski definition) is 3. The largest absolute Gasteiger partial charge is 0.311 e. The number of unbranched alkanes of at least 4 members (excludes halogenated alkanes) is 15. The highest BCUT2D eigenvalue weighted by Crippen LogP contribution is 2.51. The third-order valence-corrected chi connectivity index (χ3v) is 24.3. The normalized spacial score (nSPS) is 11.4. The van der Waals surface area contributed by atoms with E-state index in [1.807, 2.05) is 0 Å². The van der Waals surface area contributed by atoms with Gasteiger partial charge in [-0.05, 0) is 248 Å². The maximum atomic E-state index is 2.62. The Morgan fingerprint density at radius 3 is 0.831 bits per heavy atom. The summed E-state index contributed by atoms with van der Waals surface area (Å²) in [7, 11) is 0. The maximum Gasteiger partial charge on any atom is 0.0543 e. The van der Waals surface area contributed by atoms with E-state index in [-0.39, 0.29) is 0 Å². The number of benzene rings is 16.